The summed E-state index contributed by atoms with van der Waals surface area (Å²) in [5.41, 5.74) is 7.46. The van der Waals surface area contributed by atoms with Gasteiger partial charge in [0.25, 0.3) is 0 Å². The zero-order chi connectivity index (χ0) is 18.7. The van der Waals surface area contributed by atoms with Gasteiger partial charge in [-0.05, 0) is 51.2 Å². The molecule has 0 amide bonds. The lowest BCUT2D eigenvalue weighted by Gasteiger charge is -2.30. The number of halogens is 3. The maximum atomic E-state index is 12.9. The molecule has 0 atom stereocenters. The number of fused-ring (bicyclic) bond motifs is 1. The van der Waals surface area contributed by atoms with Crippen LogP contribution in [0.5, 0.6) is 0 Å². The van der Waals surface area contributed by atoms with Crippen molar-refractivity contribution in [2.24, 2.45) is 5.73 Å². The molecule has 3 rings (SSSR count). The smallest absolute Gasteiger partial charge is 0.382 e. The van der Waals surface area contributed by atoms with Crippen LogP contribution in [0.3, 0.4) is 0 Å². The van der Waals surface area contributed by atoms with Gasteiger partial charge in [0.2, 0.25) is 0 Å². The molecule has 3 N–H and O–H groups in total. The summed E-state index contributed by atoms with van der Waals surface area (Å²) >= 11 is 0. The highest BCUT2D eigenvalue weighted by Crippen LogP contribution is 2.30. The molecule has 4 nitrogen and oxygen atoms in total. The second kappa shape index (κ2) is 7.60. The summed E-state index contributed by atoms with van der Waals surface area (Å²) in [4.78, 5) is 2.27. The first kappa shape index (κ1) is 18.6. The van der Waals surface area contributed by atoms with Crippen LogP contribution in [0.25, 0.3) is 10.9 Å². The van der Waals surface area contributed by atoms with Crippen molar-refractivity contribution in [3.63, 3.8) is 0 Å². The Morgan fingerprint density at radius 1 is 1.27 bits per heavy atom. The number of nitrogens with one attached hydrogen (secondary N) is 1. The average molecular weight is 364 g/mol. The number of piperidine rings is 1. The van der Waals surface area contributed by atoms with Crippen molar-refractivity contribution in [3.8, 4) is 11.8 Å². The second-order valence-corrected chi connectivity index (χ2v) is 6.74. The van der Waals surface area contributed by atoms with Crippen LogP contribution in [0.2, 0.25) is 0 Å². The van der Waals surface area contributed by atoms with E-state index in [0.29, 0.717) is 17.1 Å². The average Bonchev–Trinajstić information content (AvgIpc) is 2.96. The first-order valence-corrected chi connectivity index (χ1v) is 8.69. The van der Waals surface area contributed by atoms with Gasteiger partial charge >= 0.3 is 6.18 Å². The van der Waals surface area contributed by atoms with Crippen molar-refractivity contribution in [3.05, 3.63) is 30.0 Å². The fourth-order valence-electron chi connectivity index (χ4n) is 3.34. The Balaban J connectivity index is 1.97. The molecule has 1 aromatic carbocycles. The molecular weight excluding hydrogens is 341 g/mol. The Labute approximate surface area is 151 Å². The summed E-state index contributed by atoms with van der Waals surface area (Å²) in [6.07, 6.45) is -0.787. The molecule has 2 heterocycles. The van der Waals surface area contributed by atoms with E-state index in [2.05, 4.69) is 29.1 Å². The highest BCUT2D eigenvalue weighted by atomic mass is 19.4. The summed E-state index contributed by atoms with van der Waals surface area (Å²) in [7, 11) is 2.09. The summed E-state index contributed by atoms with van der Waals surface area (Å²) in [6.45, 7) is 1.20. The summed E-state index contributed by atoms with van der Waals surface area (Å²) in [5.74, 6) is 5.72. The number of benzene rings is 1. The Hall–Kier alpha value is -2.17. The molecule has 0 saturated carbocycles. The van der Waals surface area contributed by atoms with E-state index in [4.69, 9.17) is 5.73 Å². The van der Waals surface area contributed by atoms with Crippen molar-refractivity contribution in [2.75, 3.05) is 32.0 Å². The van der Waals surface area contributed by atoms with E-state index in [0.717, 1.165) is 37.0 Å². The van der Waals surface area contributed by atoms with E-state index in [1.54, 1.807) is 12.1 Å². The van der Waals surface area contributed by atoms with Gasteiger partial charge in [0.15, 0.2) is 0 Å². The standard InChI is InChI=1S/C19H23F3N4/c1-25-8-4-15(5-9-25)24-17-11-14(3-2-7-23)12-18-16(17)6-10-26(18)13-19(20,21)22/h6,10-12,15,24H,4-5,7-9,13,23H2,1H3. The minimum atomic E-state index is -4.27. The fraction of sp³-hybridized carbons (Fsp3) is 0.474. The number of rotatable bonds is 3. The molecule has 1 aliphatic heterocycles. The number of hydrogen-bond donors (Lipinski definition) is 2. The van der Waals surface area contributed by atoms with E-state index < -0.39 is 12.7 Å². The Morgan fingerprint density at radius 2 is 2.00 bits per heavy atom. The van der Waals surface area contributed by atoms with E-state index in [-0.39, 0.29) is 6.54 Å². The normalized spacial score (nSPS) is 16.5. The van der Waals surface area contributed by atoms with E-state index in [1.165, 1.54) is 10.8 Å². The van der Waals surface area contributed by atoms with Crippen LogP contribution in [0.15, 0.2) is 24.4 Å². The molecule has 1 saturated heterocycles. The number of alkyl halides is 3. The van der Waals surface area contributed by atoms with Gasteiger partial charge in [0.05, 0.1) is 12.1 Å². The van der Waals surface area contributed by atoms with Crippen LogP contribution in [0, 0.1) is 11.8 Å². The number of likely N-dealkylation sites (tertiary alicyclic amines) is 1. The van der Waals surface area contributed by atoms with Crippen molar-refractivity contribution in [2.45, 2.75) is 31.6 Å². The summed E-state index contributed by atoms with van der Waals surface area (Å²) in [5, 5.41) is 4.30. The molecule has 0 spiro atoms. The van der Waals surface area contributed by atoms with Crippen molar-refractivity contribution >= 4 is 16.6 Å². The van der Waals surface area contributed by atoms with Gasteiger partial charge in [-0.15, -0.1) is 0 Å². The minimum Gasteiger partial charge on any atom is -0.382 e. The minimum absolute atomic E-state index is 0.208. The first-order chi connectivity index (χ1) is 12.4. The third-order valence-electron chi connectivity index (χ3n) is 4.65. The Kier molecular flexibility index (Phi) is 5.44. The molecule has 1 aromatic heterocycles. The SMILES string of the molecule is CN1CCC(Nc2cc(C#CCN)cc3c2ccn3CC(F)(F)F)CC1. The monoisotopic (exact) mass is 364 g/mol. The van der Waals surface area contributed by atoms with Crippen molar-refractivity contribution in [1.29, 1.82) is 0 Å². The van der Waals surface area contributed by atoms with Crippen molar-refractivity contribution < 1.29 is 13.2 Å². The lowest BCUT2D eigenvalue weighted by Crippen LogP contribution is -2.36. The zero-order valence-electron chi connectivity index (χ0n) is 14.7. The summed E-state index contributed by atoms with van der Waals surface area (Å²) in [6, 6.07) is 5.64. The zero-order valence-corrected chi connectivity index (χ0v) is 14.7. The van der Waals surface area contributed by atoms with Gasteiger partial charge in [-0.1, -0.05) is 11.8 Å². The van der Waals surface area contributed by atoms with Gasteiger partial charge in [-0.25, -0.2) is 0 Å². The Morgan fingerprint density at radius 3 is 2.65 bits per heavy atom. The van der Waals surface area contributed by atoms with E-state index in [1.807, 2.05) is 6.07 Å². The third-order valence-corrected chi connectivity index (χ3v) is 4.65. The van der Waals surface area contributed by atoms with Crippen molar-refractivity contribution in [1.82, 2.24) is 9.47 Å². The third kappa shape index (κ3) is 4.51. The molecule has 1 aliphatic rings. The highest BCUT2D eigenvalue weighted by molar-refractivity contribution is 5.94. The van der Waals surface area contributed by atoms with Gasteiger partial charge in [0, 0.05) is 28.9 Å². The van der Waals surface area contributed by atoms with E-state index in [9.17, 15) is 13.2 Å². The van der Waals surface area contributed by atoms with Crippen LogP contribution < -0.4 is 11.1 Å². The van der Waals surface area contributed by atoms with Gasteiger partial charge in [-0.3, -0.25) is 0 Å². The number of nitrogens with zero attached hydrogens (tertiary/aromatic N) is 2. The number of nitrogens with two attached hydrogens (primary N) is 1. The highest BCUT2D eigenvalue weighted by Gasteiger charge is 2.28. The van der Waals surface area contributed by atoms with Crippen LogP contribution in [0.4, 0.5) is 18.9 Å². The molecule has 140 valence electrons. The van der Waals surface area contributed by atoms with Crippen LogP contribution in [0.1, 0.15) is 18.4 Å². The van der Waals surface area contributed by atoms with E-state index >= 15 is 0 Å². The quantitative estimate of drug-likeness (QED) is 0.823. The van der Waals surface area contributed by atoms with Gasteiger partial charge < -0.3 is 20.5 Å². The molecule has 0 radical (unpaired) electrons. The summed E-state index contributed by atoms with van der Waals surface area (Å²) < 4.78 is 39.8. The predicted molar refractivity (Wildman–Crippen MR) is 98.1 cm³/mol. The van der Waals surface area contributed by atoms with Gasteiger partial charge in [0.1, 0.15) is 6.54 Å². The molecule has 26 heavy (non-hydrogen) atoms. The molecule has 1 fully saturated rings. The first-order valence-electron chi connectivity index (χ1n) is 8.69. The van der Waals surface area contributed by atoms with Crippen LogP contribution >= 0.6 is 0 Å². The number of aromatic nitrogens is 1. The molecule has 0 unspecified atom stereocenters. The number of hydrogen-bond acceptors (Lipinski definition) is 3. The molecule has 0 bridgehead atoms. The second-order valence-electron chi connectivity index (χ2n) is 6.74. The largest absolute Gasteiger partial charge is 0.406 e. The lowest BCUT2D eigenvalue weighted by molar-refractivity contribution is -0.139. The number of anilines is 1. The predicted octanol–water partition coefficient (Wildman–Crippen LogP) is 3.02. The van der Waals surface area contributed by atoms with Crippen LogP contribution in [-0.2, 0) is 6.54 Å². The maximum absolute atomic E-state index is 12.9. The topological polar surface area (TPSA) is 46.2 Å². The molecule has 0 aliphatic carbocycles. The fourth-order valence-corrected chi connectivity index (χ4v) is 3.34. The molecular formula is C19H23F3N4. The molecule has 2 aromatic rings. The lowest BCUT2D eigenvalue weighted by atomic mass is 10.0. The molecule has 7 heteroatoms. The van der Waals surface area contributed by atoms with Crippen LogP contribution in [-0.4, -0.2) is 48.4 Å². The maximum Gasteiger partial charge on any atom is 0.406 e. The Bertz CT molecular complexity index is 821. The van der Waals surface area contributed by atoms with Gasteiger partial charge in [-0.2, -0.15) is 13.2 Å².